The Hall–Kier alpha value is -3.60. The highest BCUT2D eigenvalue weighted by Gasteiger charge is 2.29. The molecule has 2 atom stereocenters. The minimum atomic E-state index is -0.864. The van der Waals surface area contributed by atoms with E-state index in [1.165, 1.54) is 4.90 Å². The van der Waals surface area contributed by atoms with E-state index in [9.17, 15) is 9.90 Å². The molecular formula is C26H26N2O3. The standard InChI is InChI=1S/C26H26N2O3/c1-19-17-24(15-16-28(19)26(29)30)31-23-14-8-13-22(18-23)27-25(20-9-4-2-5-10-20)21-11-6-3-7-12-21/h2-14,18-19,24H,15-17H2,1H3,(H,29,30)/t19-,24+/m1/s1. The fourth-order valence-corrected chi connectivity index (χ4v) is 3.96. The van der Waals surface area contributed by atoms with E-state index in [1.807, 2.05) is 67.6 Å². The molecule has 1 heterocycles. The maximum atomic E-state index is 11.3. The first-order valence-corrected chi connectivity index (χ1v) is 10.6. The van der Waals surface area contributed by atoms with E-state index in [1.54, 1.807) is 0 Å². The molecule has 0 bridgehead atoms. The van der Waals surface area contributed by atoms with Gasteiger partial charge in [0, 0.05) is 42.6 Å². The fraction of sp³-hybridized carbons (Fsp3) is 0.231. The molecule has 1 saturated heterocycles. The predicted octanol–water partition coefficient (Wildman–Crippen LogP) is 5.77. The fourth-order valence-electron chi connectivity index (χ4n) is 3.96. The predicted molar refractivity (Wildman–Crippen MR) is 122 cm³/mol. The van der Waals surface area contributed by atoms with E-state index in [4.69, 9.17) is 9.73 Å². The van der Waals surface area contributed by atoms with E-state index in [0.717, 1.165) is 28.3 Å². The number of piperidine rings is 1. The van der Waals surface area contributed by atoms with Gasteiger partial charge in [0.25, 0.3) is 0 Å². The SMILES string of the molecule is C[C@@H]1C[C@@H](Oc2cccc(N=C(c3ccccc3)c3ccccc3)c2)CCN1C(=O)O. The normalized spacial score (nSPS) is 18.3. The zero-order valence-electron chi connectivity index (χ0n) is 17.5. The minimum Gasteiger partial charge on any atom is -0.490 e. The average Bonchev–Trinajstić information content (AvgIpc) is 2.79. The number of nitrogens with zero attached hydrogens (tertiary/aromatic N) is 2. The Kier molecular flexibility index (Phi) is 6.32. The van der Waals surface area contributed by atoms with Gasteiger partial charge in [0.15, 0.2) is 0 Å². The van der Waals surface area contributed by atoms with Crippen molar-refractivity contribution in [2.45, 2.75) is 31.9 Å². The molecule has 1 N–H and O–H groups in total. The van der Waals surface area contributed by atoms with Crippen LogP contribution in [0.4, 0.5) is 10.5 Å². The second-order valence-electron chi connectivity index (χ2n) is 7.78. The average molecular weight is 415 g/mol. The van der Waals surface area contributed by atoms with Gasteiger partial charge in [-0.2, -0.15) is 0 Å². The summed E-state index contributed by atoms with van der Waals surface area (Å²) in [4.78, 5) is 17.7. The third-order valence-corrected chi connectivity index (χ3v) is 5.53. The summed E-state index contributed by atoms with van der Waals surface area (Å²) >= 11 is 0. The number of rotatable bonds is 5. The van der Waals surface area contributed by atoms with E-state index in [0.29, 0.717) is 19.4 Å². The summed E-state index contributed by atoms with van der Waals surface area (Å²) in [5.74, 6) is 0.752. The topological polar surface area (TPSA) is 62.1 Å². The van der Waals surface area contributed by atoms with Crippen molar-refractivity contribution < 1.29 is 14.6 Å². The largest absolute Gasteiger partial charge is 0.490 e. The van der Waals surface area contributed by atoms with Gasteiger partial charge in [-0.1, -0.05) is 66.7 Å². The van der Waals surface area contributed by atoms with E-state index in [-0.39, 0.29) is 12.1 Å². The summed E-state index contributed by atoms with van der Waals surface area (Å²) in [5.41, 5.74) is 3.82. The van der Waals surface area contributed by atoms with Crippen LogP contribution in [-0.2, 0) is 0 Å². The number of carboxylic acid groups (broad SMARTS) is 1. The lowest BCUT2D eigenvalue weighted by Crippen LogP contribution is -2.46. The lowest BCUT2D eigenvalue weighted by Gasteiger charge is -2.35. The maximum absolute atomic E-state index is 11.3. The number of ether oxygens (including phenoxy) is 1. The Morgan fingerprint density at radius 1 is 0.968 bits per heavy atom. The molecule has 1 fully saturated rings. The van der Waals surface area contributed by atoms with E-state index >= 15 is 0 Å². The van der Waals surface area contributed by atoms with Crippen molar-refractivity contribution >= 4 is 17.5 Å². The highest BCUT2D eigenvalue weighted by atomic mass is 16.5. The first kappa shape index (κ1) is 20.7. The third kappa shape index (κ3) is 5.12. The van der Waals surface area contributed by atoms with Crippen LogP contribution in [-0.4, -0.2) is 40.5 Å². The molecule has 0 aliphatic carbocycles. The van der Waals surface area contributed by atoms with Crippen molar-refractivity contribution in [1.29, 1.82) is 0 Å². The second-order valence-corrected chi connectivity index (χ2v) is 7.78. The number of likely N-dealkylation sites (tertiary alicyclic amines) is 1. The monoisotopic (exact) mass is 414 g/mol. The van der Waals surface area contributed by atoms with Crippen LogP contribution in [0.3, 0.4) is 0 Å². The van der Waals surface area contributed by atoms with Crippen LogP contribution in [0.1, 0.15) is 30.9 Å². The smallest absolute Gasteiger partial charge is 0.407 e. The Labute approximate surface area is 182 Å². The van der Waals surface area contributed by atoms with E-state index in [2.05, 4.69) is 24.3 Å². The van der Waals surface area contributed by atoms with Crippen LogP contribution in [0.25, 0.3) is 0 Å². The summed E-state index contributed by atoms with van der Waals surface area (Å²) in [6, 6.07) is 28.0. The lowest BCUT2D eigenvalue weighted by atomic mass is 10.0. The molecule has 0 aromatic heterocycles. The second kappa shape index (κ2) is 9.47. The first-order chi connectivity index (χ1) is 15.1. The number of amides is 1. The minimum absolute atomic E-state index is 0.00690. The van der Waals surface area contributed by atoms with Gasteiger partial charge in [-0.25, -0.2) is 9.79 Å². The molecule has 5 heteroatoms. The van der Waals surface area contributed by atoms with Gasteiger partial charge in [-0.3, -0.25) is 0 Å². The summed E-state index contributed by atoms with van der Waals surface area (Å²) in [6.45, 7) is 2.42. The van der Waals surface area contributed by atoms with Crippen LogP contribution < -0.4 is 4.74 Å². The van der Waals surface area contributed by atoms with Crippen LogP contribution in [0.5, 0.6) is 5.75 Å². The van der Waals surface area contributed by atoms with Crippen molar-refractivity contribution in [3.63, 3.8) is 0 Å². The van der Waals surface area contributed by atoms with Crippen molar-refractivity contribution in [3.8, 4) is 5.75 Å². The van der Waals surface area contributed by atoms with Crippen LogP contribution >= 0.6 is 0 Å². The number of benzene rings is 3. The molecule has 4 rings (SSSR count). The van der Waals surface area contributed by atoms with Crippen LogP contribution in [0, 0.1) is 0 Å². The number of aliphatic imine (C=N–C) groups is 1. The van der Waals surface area contributed by atoms with Gasteiger partial charge < -0.3 is 14.7 Å². The van der Waals surface area contributed by atoms with Crippen molar-refractivity contribution in [3.05, 3.63) is 96.1 Å². The van der Waals surface area contributed by atoms with Crippen molar-refractivity contribution in [2.75, 3.05) is 6.54 Å². The summed E-state index contributed by atoms with van der Waals surface area (Å²) < 4.78 is 6.20. The number of hydrogen-bond donors (Lipinski definition) is 1. The Bertz CT molecular complexity index is 1010. The van der Waals surface area contributed by atoms with Gasteiger partial charge in [-0.05, 0) is 19.1 Å². The lowest BCUT2D eigenvalue weighted by molar-refractivity contribution is 0.0605. The maximum Gasteiger partial charge on any atom is 0.407 e. The quantitative estimate of drug-likeness (QED) is 0.540. The van der Waals surface area contributed by atoms with Crippen LogP contribution in [0.15, 0.2) is 89.9 Å². The molecule has 1 aliphatic heterocycles. The van der Waals surface area contributed by atoms with Gasteiger partial charge >= 0.3 is 6.09 Å². The van der Waals surface area contributed by atoms with Gasteiger partial charge in [0.1, 0.15) is 11.9 Å². The number of carbonyl (C=O) groups is 1. The summed E-state index contributed by atoms with van der Waals surface area (Å²) in [7, 11) is 0. The Morgan fingerprint density at radius 2 is 1.61 bits per heavy atom. The molecular weight excluding hydrogens is 388 g/mol. The molecule has 1 amide bonds. The summed E-state index contributed by atoms with van der Waals surface area (Å²) in [6.07, 6.45) is 0.492. The highest BCUT2D eigenvalue weighted by Crippen LogP contribution is 2.27. The van der Waals surface area contributed by atoms with Crippen molar-refractivity contribution in [2.24, 2.45) is 4.99 Å². The van der Waals surface area contributed by atoms with E-state index < -0.39 is 6.09 Å². The molecule has 5 nitrogen and oxygen atoms in total. The zero-order chi connectivity index (χ0) is 21.6. The molecule has 1 aliphatic rings. The van der Waals surface area contributed by atoms with Crippen LogP contribution in [0.2, 0.25) is 0 Å². The third-order valence-electron chi connectivity index (χ3n) is 5.53. The molecule has 3 aromatic carbocycles. The van der Waals surface area contributed by atoms with Gasteiger partial charge in [0.05, 0.1) is 11.4 Å². The van der Waals surface area contributed by atoms with Gasteiger partial charge in [-0.15, -0.1) is 0 Å². The molecule has 0 unspecified atom stereocenters. The Balaban J connectivity index is 1.57. The Morgan fingerprint density at radius 3 is 2.19 bits per heavy atom. The zero-order valence-corrected chi connectivity index (χ0v) is 17.5. The molecule has 31 heavy (non-hydrogen) atoms. The summed E-state index contributed by atoms with van der Waals surface area (Å²) in [5, 5.41) is 9.26. The van der Waals surface area contributed by atoms with Gasteiger partial charge in [0.2, 0.25) is 0 Å². The molecule has 158 valence electrons. The molecule has 3 aromatic rings. The molecule has 0 spiro atoms. The first-order valence-electron chi connectivity index (χ1n) is 10.6. The van der Waals surface area contributed by atoms with Crippen molar-refractivity contribution in [1.82, 2.24) is 4.90 Å². The molecule has 0 radical (unpaired) electrons. The highest BCUT2D eigenvalue weighted by molar-refractivity contribution is 6.13. The molecule has 0 saturated carbocycles. The number of hydrogen-bond acceptors (Lipinski definition) is 3.